The maximum atomic E-state index is 12.2. The highest BCUT2D eigenvalue weighted by Crippen LogP contribution is 2.27. The first kappa shape index (κ1) is 19.5. The molecule has 0 saturated heterocycles. The predicted molar refractivity (Wildman–Crippen MR) is 102 cm³/mol. The highest BCUT2D eigenvalue weighted by Gasteiger charge is 2.26. The Labute approximate surface area is 155 Å². The minimum Gasteiger partial charge on any atom is -0.441 e. The van der Waals surface area contributed by atoms with Crippen LogP contribution < -0.4 is 5.32 Å². The van der Waals surface area contributed by atoms with Gasteiger partial charge in [0.05, 0.1) is 6.20 Å². The van der Waals surface area contributed by atoms with Gasteiger partial charge >= 0.3 is 0 Å². The molecule has 1 amide bonds. The molecule has 4 nitrogen and oxygen atoms in total. The monoisotopic (exact) mass is 362 g/mol. The summed E-state index contributed by atoms with van der Waals surface area (Å²) >= 11 is 5.89. The lowest BCUT2D eigenvalue weighted by Gasteiger charge is -2.33. The van der Waals surface area contributed by atoms with E-state index in [2.05, 4.69) is 44.9 Å². The van der Waals surface area contributed by atoms with E-state index in [4.69, 9.17) is 16.0 Å². The van der Waals surface area contributed by atoms with Crippen LogP contribution in [0, 0.1) is 5.41 Å². The number of aromatic nitrogens is 1. The van der Waals surface area contributed by atoms with E-state index in [1.54, 1.807) is 6.20 Å². The molecule has 25 heavy (non-hydrogen) atoms. The number of nitrogens with zero attached hydrogens (tertiary/aromatic N) is 1. The number of aryl methyl sites for hydroxylation is 1. The van der Waals surface area contributed by atoms with E-state index in [0.29, 0.717) is 29.5 Å². The van der Waals surface area contributed by atoms with Crippen LogP contribution in [0.4, 0.5) is 0 Å². The van der Waals surface area contributed by atoms with Crippen molar-refractivity contribution >= 4 is 17.5 Å². The van der Waals surface area contributed by atoms with Crippen molar-refractivity contribution in [3.05, 3.63) is 41.4 Å². The summed E-state index contributed by atoms with van der Waals surface area (Å²) in [5.41, 5.74) is 0.839. The second-order valence-corrected chi connectivity index (χ2v) is 8.73. The van der Waals surface area contributed by atoms with Gasteiger partial charge in [-0.05, 0) is 49.9 Å². The molecule has 0 aliphatic heterocycles. The van der Waals surface area contributed by atoms with E-state index in [-0.39, 0.29) is 16.9 Å². The highest BCUT2D eigenvalue weighted by molar-refractivity contribution is 6.30. The zero-order valence-corrected chi connectivity index (χ0v) is 16.4. The van der Waals surface area contributed by atoms with Crippen LogP contribution in [0.15, 0.2) is 34.9 Å². The number of rotatable bonds is 6. The molecule has 2 aromatic rings. The van der Waals surface area contributed by atoms with Gasteiger partial charge in [-0.25, -0.2) is 4.98 Å². The highest BCUT2D eigenvalue weighted by atomic mass is 35.5. The predicted octanol–water partition coefficient (Wildman–Crippen LogP) is 5.26. The number of oxazole rings is 1. The third kappa shape index (κ3) is 6.54. The Morgan fingerprint density at radius 2 is 1.80 bits per heavy atom. The second kappa shape index (κ2) is 7.61. The lowest BCUT2D eigenvalue weighted by molar-refractivity contribution is -0.123. The van der Waals surface area contributed by atoms with Crippen LogP contribution in [-0.4, -0.2) is 16.4 Å². The first-order valence-electron chi connectivity index (χ1n) is 8.56. The van der Waals surface area contributed by atoms with Gasteiger partial charge in [-0.3, -0.25) is 4.79 Å². The van der Waals surface area contributed by atoms with Crippen LogP contribution in [0.3, 0.4) is 0 Å². The number of hydrogen-bond donors (Lipinski definition) is 1. The molecule has 0 aliphatic rings. The van der Waals surface area contributed by atoms with Gasteiger partial charge in [-0.1, -0.05) is 32.4 Å². The van der Waals surface area contributed by atoms with Gasteiger partial charge in [0.2, 0.25) is 5.91 Å². The summed E-state index contributed by atoms with van der Waals surface area (Å²) in [7, 11) is 0. The fourth-order valence-electron chi connectivity index (χ4n) is 3.20. The van der Waals surface area contributed by atoms with Crippen LogP contribution in [-0.2, 0) is 11.2 Å². The Kier molecular flexibility index (Phi) is 5.94. The van der Waals surface area contributed by atoms with Crippen molar-refractivity contribution in [3.8, 4) is 11.3 Å². The fourth-order valence-corrected chi connectivity index (χ4v) is 3.33. The van der Waals surface area contributed by atoms with Gasteiger partial charge in [0.1, 0.15) is 0 Å². The molecule has 1 heterocycles. The van der Waals surface area contributed by atoms with Crippen molar-refractivity contribution in [2.24, 2.45) is 5.41 Å². The Balaban J connectivity index is 1.89. The van der Waals surface area contributed by atoms with Crippen molar-refractivity contribution in [1.82, 2.24) is 10.3 Å². The van der Waals surface area contributed by atoms with Crippen molar-refractivity contribution in [3.63, 3.8) is 0 Å². The molecule has 0 bridgehead atoms. The molecule has 0 fully saturated rings. The molecule has 136 valence electrons. The maximum Gasteiger partial charge on any atom is 0.220 e. The van der Waals surface area contributed by atoms with Gasteiger partial charge in [0, 0.05) is 29.0 Å². The van der Waals surface area contributed by atoms with Gasteiger partial charge in [0.25, 0.3) is 0 Å². The molecule has 2 rings (SSSR count). The van der Waals surface area contributed by atoms with Crippen LogP contribution >= 0.6 is 11.6 Å². The van der Waals surface area contributed by atoms with Gasteiger partial charge < -0.3 is 9.73 Å². The van der Waals surface area contributed by atoms with E-state index >= 15 is 0 Å². The number of nitrogens with one attached hydrogen (secondary N) is 1. The fraction of sp³-hybridized carbons (Fsp3) is 0.500. The molecule has 0 unspecified atom stereocenters. The number of benzene rings is 1. The van der Waals surface area contributed by atoms with Gasteiger partial charge in [-0.15, -0.1) is 0 Å². The third-order valence-corrected chi connectivity index (χ3v) is 3.95. The molecule has 0 saturated carbocycles. The summed E-state index contributed by atoms with van der Waals surface area (Å²) in [5, 5.41) is 3.78. The minimum absolute atomic E-state index is 0.0143. The van der Waals surface area contributed by atoms with Crippen LogP contribution in [0.1, 0.15) is 53.4 Å². The maximum absolute atomic E-state index is 12.2. The Bertz CT molecular complexity index is 712. The summed E-state index contributed by atoms with van der Waals surface area (Å²) in [6.07, 6.45) is 3.42. The lowest BCUT2D eigenvalue weighted by Crippen LogP contribution is -2.45. The van der Waals surface area contributed by atoms with E-state index in [0.717, 1.165) is 12.0 Å². The second-order valence-electron chi connectivity index (χ2n) is 8.29. The number of halogens is 1. The summed E-state index contributed by atoms with van der Waals surface area (Å²) in [5.74, 6) is 1.26. The molecular formula is C20H27ClN2O2. The Morgan fingerprint density at radius 1 is 1.16 bits per heavy atom. The number of hydrogen-bond acceptors (Lipinski definition) is 3. The average molecular weight is 363 g/mol. The number of carbonyl (C=O) groups excluding carboxylic acids is 1. The molecule has 0 spiro atoms. The smallest absolute Gasteiger partial charge is 0.220 e. The SMILES string of the molecule is CC(C)(C)CC(C)(C)NC(=O)CCc1ncc(-c2ccc(Cl)cc2)o1. The topological polar surface area (TPSA) is 55.1 Å². The van der Waals surface area contributed by atoms with E-state index < -0.39 is 0 Å². The average Bonchev–Trinajstić information content (AvgIpc) is 2.91. The molecule has 0 radical (unpaired) electrons. The number of amides is 1. The van der Waals surface area contributed by atoms with Crippen LogP contribution in [0.2, 0.25) is 5.02 Å². The molecule has 1 N–H and O–H groups in total. The molecule has 0 aliphatic carbocycles. The quantitative estimate of drug-likeness (QED) is 0.762. The van der Waals surface area contributed by atoms with Crippen LogP contribution in [0.5, 0.6) is 0 Å². The van der Waals surface area contributed by atoms with Crippen molar-refractivity contribution in [1.29, 1.82) is 0 Å². The molecule has 1 aromatic heterocycles. The summed E-state index contributed by atoms with van der Waals surface area (Å²) in [6, 6.07) is 7.39. The number of carbonyl (C=O) groups is 1. The zero-order chi connectivity index (χ0) is 18.7. The van der Waals surface area contributed by atoms with E-state index in [1.807, 2.05) is 24.3 Å². The molecule has 1 aromatic carbocycles. The summed E-state index contributed by atoms with van der Waals surface area (Å²) < 4.78 is 5.74. The van der Waals surface area contributed by atoms with Gasteiger partial charge in [-0.2, -0.15) is 0 Å². The molecule has 5 heteroatoms. The largest absolute Gasteiger partial charge is 0.441 e. The normalized spacial score (nSPS) is 12.2. The van der Waals surface area contributed by atoms with Crippen molar-refractivity contribution in [2.75, 3.05) is 0 Å². The summed E-state index contributed by atoms with van der Waals surface area (Å²) in [6.45, 7) is 10.6. The molecule has 0 atom stereocenters. The molecular weight excluding hydrogens is 336 g/mol. The van der Waals surface area contributed by atoms with E-state index in [1.165, 1.54) is 0 Å². The Hall–Kier alpha value is -1.81. The van der Waals surface area contributed by atoms with E-state index in [9.17, 15) is 4.79 Å². The van der Waals surface area contributed by atoms with Crippen molar-refractivity contribution in [2.45, 2.75) is 59.4 Å². The Morgan fingerprint density at radius 3 is 2.40 bits per heavy atom. The lowest BCUT2D eigenvalue weighted by atomic mass is 9.82. The zero-order valence-electron chi connectivity index (χ0n) is 15.6. The van der Waals surface area contributed by atoms with Crippen molar-refractivity contribution < 1.29 is 9.21 Å². The standard InChI is InChI=1S/C20H27ClN2O2/c1-19(2,3)13-20(4,5)23-17(24)10-11-18-22-12-16(25-18)14-6-8-15(21)9-7-14/h6-9,12H,10-11,13H2,1-5H3,(H,23,24). The summed E-state index contributed by atoms with van der Waals surface area (Å²) in [4.78, 5) is 16.5. The minimum atomic E-state index is -0.236. The first-order chi connectivity index (χ1) is 11.5. The third-order valence-electron chi connectivity index (χ3n) is 3.70. The first-order valence-corrected chi connectivity index (χ1v) is 8.94. The van der Waals surface area contributed by atoms with Gasteiger partial charge in [0.15, 0.2) is 11.7 Å². The van der Waals surface area contributed by atoms with Crippen LogP contribution in [0.25, 0.3) is 11.3 Å².